The van der Waals surface area contributed by atoms with Crippen LogP contribution in [0, 0.1) is 11.3 Å². The Bertz CT molecular complexity index is 982. The zero-order valence-electron chi connectivity index (χ0n) is 15.5. The molecule has 3 aromatic heterocycles. The highest BCUT2D eigenvalue weighted by Crippen LogP contribution is 2.30. The molecule has 1 aliphatic rings. The summed E-state index contributed by atoms with van der Waals surface area (Å²) in [5.41, 5.74) is 2.68. The first-order valence-electron chi connectivity index (χ1n) is 8.99. The second-order valence-corrected chi connectivity index (χ2v) is 6.54. The minimum atomic E-state index is 0.498. The second kappa shape index (κ2) is 7.21. The van der Waals surface area contributed by atoms with Gasteiger partial charge in [-0.2, -0.15) is 10.4 Å². The maximum Gasteiger partial charge on any atom is 0.147 e. The van der Waals surface area contributed by atoms with Crippen molar-refractivity contribution >= 4 is 11.3 Å². The quantitative estimate of drug-likeness (QED) is 0.699. The zero-order chi connectivity index (χ0) is 18.8. The van der Waals surface area contributed by atoms with Crippen molar-refractivity contribution < 1.29 is 4.74 Å². The van der Waals surface area contributed by atoms with Crippen molar-refractivity contribution in [1.82, 2.24) is 24.5 Å². The maximum absolute atomic E-state index is 9.42. The fraction of sp³-hybridized carbons (Fsp3) is 0.368. The van der Waals surface area contributed by atoms with Crippen LogP contribution in [0.5, 0.6) is 5.75 Å². The van der Waals surface area contributed by atoms with E-state index in [1.165, 1.54) is 0 Å². The molecule has 0 amide bonds. The van der Waals surface area contributed by atoms with Gasteiger partial charge in [0.2, 0.25) is 0 Å². The van der Waals surface area contributed by atoms with E-state index in [1.807, 2.05) is 13.0 Å². The van der Waals surface area contributed by atoms with E-state index in [0.29, 0.717) is 29.1 Å². The van der Waals surface area contributed by atoms with Gasteiger partial charge >= 0.3 is 0 Å². The molecule has 1 saturated heterocycles. The van der Waals surface area contributed by atoms with Crippen molar-refractivity contribution in [3.63, 3.8) is 0 Å². The molecule has 0 saturated carbocycles. The van der Waals surface area contributed by atoms with Gasteiger partial charge in [-0.15, -0.1) is 0 Å². The lowest BCUT2D eigenvalue weighted by Crippen LogP contribution is -2.44. The molecule has 1 aliphatic heterocycles. The molecule has 0 N–H and O–H groups in total. The van der Waals surface area contributed by atoms with E-state index in [1.54, 1.807) is 29.3 Å². The molecular weight excluding hydrogens is 342 g/mol. The van der Waals surface area contributed by atoms with Crippen molar-refractivity contribution in [2.75, 3.05) is 44.7 Å². The van der Waals surface area contributed by atoms with Crippen molar-refractivity contribution in [3.8, 4) is 23.1 Å². The first-order chi connectivity index (χ1) is 13.2. The molecule has 0 spiro atoms. The SMILES string of the molecule is CCOc1cc(-c2cnc(N3CCN(C)CC3)cn2)c2c(C#N)cnn2c1. The maximum atomic E-state index is 9.42. The topological polar surface area (TPSA) is 82.6 Å². The Kier molecular flexibility index (Phi) is 4.60. The minimum Gasteiger partial charge on any atom is -0.492 e. The molecule has 0 aliphatic carbocycles. The number of hydrogen-bond acceptors (Lipinski definition) is 7. The van der Waals surface area contributed by atoms with Gasteiger partial charge in [0.25, 0.3) is 0 Å². The Morgan fingerprint density at radius 3 is 2.63 bits per heavy atom. The van der Waals surface area contributed by atoms with Crippen LogP contribution in [0.2, 0.25) is 0 Å². The molecule has 8 heteroatoms. The number of rotatable bonds is 4. The highest BCUT2D eigenvalue weighted by molar-refractivity contribution is 5.83. The Labute approximate surface area is 157 Å². The minimum absolute atomic E-state index is 0.498. The summed E-state index contributed by atoms with van der Waals surface area (Å²) in [6.07, 6.45) is 6.88. The first-order valence-corrected chi connectivity index (χ1v) is 8.99. The van der Waals surface area contributed by atoms with Crippen LogP contribution in [-0.4, -0.2) is 64.3 Å². The van der Waals surface area contributed by atoms with Crippen LogP contribution in [0.4, 0.5) is 5.82 Å². The average Bonchev–Trinajstić information content (AvgIpc) is 3.11. The van der Waals surface area contributed by atoms with Crippen LogP contribution < -0.4 is 9.64 Å². The van der Waals surface area contributed by atoms with E-state index in [0.717, 1.165) is 37.6 Å². The van der Waals surface area contributed by atoms with E-state index >= 15 is 0 Å². The third-order valence-corrected chi connectivity index (χ3v) is 4.76. The summed E-state index contributed by atoms with van der Waals surface area (Å²) in [6.45, 7) is 6.39. The number of anilines is 1. The van der Waals surface area contributed by atoms with E-state index < -0.39 is 0 Å². The predicted octanol–water partition coefficient (Wildman–Crippen LogP) is 1.81. The largest absolute Gasteiger partial charge is 0.492 e. The van der Waals surface area contributed by atoms with Crippen LogP contribution in [0.3, 0.4) is 0 Å². The number of ether oxygens (including phenoxy) is 1. The number of nitriles is 1. The molecule has 27 heavy (non-hydrogen) atoms. The smallest absolute Gasteiger partial charge is 0.147 e. The molecule has 0 unspecified atom stereocenters. The monoisotopic (exact) mass is 363 g/mol. The highest BCUT2D eigenvalue weighted by Gasteiger charge is 2.18. The molecule has 4 heterocycles. The van der Waals surface area contributed by atoms with Gasteiger partial charge in [-0.25, -0.2) is 9.50 Å². The summed E-state index contributed by atoms with van der Waals surface area (Å²) < 4.78 is 7.30. The van der Waals surface area contributed by atoms with E-state index in [-0.39, 0.29) is 0 Å². The van der Waals surface area contributed by atoms with Gasteiger partial charge < -0.3 is 14.5 Å². The highest BCUT2D eigenvalue weighted by atomic mass is 16.5. The van der Waals surface area contributed by atoms with Crippen molar-refractivity contribution in [3.05, 3.63) is 36.4 Å². The third-order valence-electron chi connectivity index (χ3n) is 4.76. The van der Waals surface area contributed by atoms with Crippen LogP contribution in [0.1, 0.15) is 12.5 Å². The van der Waals surface area contributed by atoms with E-state index in [4.69, 9.17) is 4.74 Å². The molecular formula is C19H21N7O. The summed E-state index contributed by atoms with van der Waals surface area (Å²) in [6, 6.07) is 4.08. The van der Waals surface area contributed by atoms with Crippen LogP contribution in [0.15, 0.2) is 30.9 Å². The molecule has 138 valence electrons. The van der Waals surface area contributed by atoms with Crippen molar-refractivity contribution in [1.29, 1.82) is 5.26 Å². The van der Waals surface area contributed by atoms with Gasteiger partial charge in [0, 0.05) is 31.7 Å². The molecule has 0 aromatic carbocycles. The van der Waals surface area contributed by atoms with Gasteiger partial charge in [-0.3, -0.25) is 4.98 Å². The van der Waals surface area contributed by atoms with E-state index in [9.17, 15) is 5.26 Å². The summed E-state index contributed by atoms with van der Waals surface area (Å²) >= 11 is 0. The van der Waals surface area contributed by atoms with Crippen LogP contribution in [0.25, 0.3) is 16.8 Å². The van der Waals surface area contributed by atoms with Crippen molar-refractivity contribution in [2.24, 2.45) is 0 Å². The first kappa shape index (κ1) is 17.2. The lowest BCUT2D eigenvalue weighted by atomic mass is 10.1. The molecule has 0 radical (unpaired) electrons. The van der Waals surface area contributed by atoms with Gasteiger partial charge in [0.1, 0.15) is 17.6 Å². The Hall–Kier alpha value is -3.18. The number of aromatic nitrogens is 4. The molecule has 0 atom stereocenters. The number of piperazine rings is 1. The zero-order valence-corrected chi connectivity index (χ0v) is 15.5. The summed E-state index contributed by atoms with van der Waals surface area (Å²) in [5, 5.41) is 13.7. The number of pyridine rings is 1. The predicted molar refractivity (Wildman–Crippen MR) is 102 cm³/mol. The van der Waals surface area contributed by atoms with Gasteiger partial charge in [-0.1, -0.05) is 0 Å². The number of fused-ring (bicyclic) bond motifs is 1. The van der Waals surface area contributed by atoms with Gasteiger partial charge in [-0.05, 0) is 20.0 Å². The standard InChI is InChI=1S/C19H21N7O/c1-3-27-15-8-16(19-14(9-20)10-23-26(19)13-15)17-11-22-18(12-21-17)25-6-4-24(2)5-7-25/h8,10-13H,3-7H2,1-2H3. The summed E-state index contributed by atoms with van der Waals surface area (Å²) in [5.74, 6) is 1.55. The lowest BCUT2D eigenvalue weighted by Gasteiger charge is -2.32. The Balaban J connectivity index is 1.73. The molecule has 1 fully saturated rings. The molecule has 4 rings (SSSR count). The fourth-order valence-electron chi connectivity index (χ4n) is 3.28. The van der Waals surface area contributed by atoms with Crippen LogP contribution >= 0.6 is 0 Å². The summed E-state index contributed by atoms with van der Waals surface area (Å²) in [4.78, 5) is 13.8. The number of nitrogens with zero attached hydrogens (tertiary/aromatic N) is 7. The summed E-state index contributed by atoms with van der Waals surface area (Å²) in [7, 11) is 2.13. The Morgan fingerprint density at radius 1 is 1.15 bits per heavy atom. The van der Waals surface area contributed by atoms with Gasteiger partial charge in [0.15, 0.2) is 0 Å². The van der Waals surface area contributed by atoms with Crippen LogP contribution in [-0.2, 0) is 0 Å². The molecule has 8 nitrogen and oxygen atoms in total. The molecule has 3 aromatic rings. The normalized spacial score (nSPS) is 15.1. The average molecular weight is 363 g/mol. The third kappa shape index (κ3) is 3.29. The number of hydrogen-bond donors (Lipinski definition) is 0. The lowest BCUT2D eigenvalue weighted by molar-refractivity contribution is 0.312. The van der Waals surface area contributed by atoms with Gasteiger partial charge in [0.05, 0.1) is 48.2 Å². The number of likely N-dealkylation sites (N-methyl/N-ethyl adjacent to an activating group) is 1. The van der Waals surface area contributed by atoms with Crippen molar-refractivity contribution in [2.45, 2.75) is 6.92 Å². The molecule has 0 bridgehead atoms. The fourth-order valence-corrected chi connectivity index (χ4v) is 3.28. The van der Waals surface area contributed by atoms with E-state index in [2.05, 4.69) is 38.0 Å². The second-order valence-electron chi connectivity index (χ2n) is 6.54. The Morgan fingerprint density at radius 2 is 1.96 bits per heavy atom.